The molecule has 25 heavy (non-hydrogen) atoms. The fourth-order valence-corrected chi connectivity index (χ4v) is 3.12. The zero-order chi connectivity index (χ0) is 18.0. The van der Waals surface area contributed by atoms with Crippen molar-refractivity contribution in [3.63, 3.8) is 0 Å². The summed E-state index contributed by atoms with van der Waals surface area (Å²) in [7, 11) is 1.84. The van der Waals surface area contributed by atoms with Gasteiger partial charge >= 0.3 is 0 Å². The third-order valence-corrected chi connectivity index (χ3v) is 4.43. The van der Waals surface area contributed by atoms with E-state index in [1.165, 1.54) is 6.26 Å². The first-order valence-electron chi connectivity index (χ1n) is 8.46. The van der Waals surface area contributed by atoms with Crippen LogP contribution < -0.4 is 0 Å². The van der Waals surface area contributed by atoms with Crippen molar-refractivity contribution in [3.8, 4) is 0 Å². The number of aryl methyl sites for hydroxylation is 1. The maximum absolute atomic E-state index is 12.9. The Morgan fingerprint density at radius 3 is 2.84 bits per heavy atom. The lowest BCUT2D eigenvalue weighted by Gasteiger charge is -2.34. The van der Waals surface area contributed by atoms with E-state index in [0.717, 1.165) is 5.69 Å². The number of Topliss-reactive ketones (excluding diaryl/α,β-unsaturated/α-hetero) is 1. The normalized spacial score (nSPS) is 17.9. The summed E-state index contributed by atoms with van der Waals surface area (Å²) in [5, 5.41) is 4.35. The van der Waals surface area contributed by atoms with Crippen LogP contribution in [0.15, 0.2) is 28.9 Å². The molecular weight excluding hydrogens is 322 g/mol. The van der Waals surface area contributed by atoms with Gasteiger partial charge in [-0.15, -0.1) is 0 Å². The third-order valence-electron chi connectivity index (χ3n) is 4.43. The van der Waals surface area contributed by atoms with E-state index < -0.39 is 0 Å². The van der Waals surface area contributed by atoms with E-state index in [0.29, 0.717) is 31.2 Å². The highest BCUT2D eigenvalue weighted by atomic mass is 16.5. The Kier molecular flexibility index (Phi) is 5.03. The van der Waals surface area contributed by atoms with Gasteiger partial charge in [0.05, 0.1) is 25.5 Å². The molecule has 0 spiro atoms. The number of amides is 1. The maximum atomic E-state index is 12.9. The lowest BCUT2D eigenvalue weighted by molar-refractivity contribution is -0.00336. The lowest BCUT2D eigenvalue weighted by atomic mass is 10.1. The molecule has 1 aliphatic heterocycles. The Bertz CT molecular complexity index is 748. The highest BCUT2D eigenvalue weighted by molar-refractivity contribution is 5.96. The minimum absolute atomic E-state index is 0.137. The molecule has 1 aliphatic rings. The average molecular weight is 345 g/mol. The van der Waals surface area contributed by atoms with Crippen LogP contribution in [0.4, 0.5) is 0 Å². The molecular formula is C18H23N3O4. The molecule has 0 bridgehead atoms. The number of hydrogen-bond acceptors (Lipinski definition) is 5. The van der Waals surface area contributed by atoms with Gasteiger partial charge in [-0.1, -0.05) is 13.8 Å². The van der Waals surface area contributed by atoms with Crippen molar-refractivity contribution in [2.75, 3.05) is 19.8 Å². The average Bonchev–Trinajstić information content (AvgIpc) is 3.24. The zero-order valence-electron chi connectivity index (χ0n) is 14.8. The third kappa shape index (κ3) is 3.66. The van der Waals surface area contributed by atoms with Crippen molar-refractivity contribution in [2.24, 2.45) is 7.05 Å². The van der Waals surface area contributed by atoms with Gasteiger partial charge in [-0.05, 0) is 24.1 Å². The van der Waals surface area contributed by atoms with Gasteiger partial charge < -0.3 is 14.1 Å². The second-order valence-corrected chi connectivity index (χ2v) is 6.56. The SMILES string of the molecule is CC(C)c1cc(C(=O)N2CCOC[C@@H]2CC(=O)c2ccco2)nn1C. The Balaban J connectivity index is 1.77. The first-order chi connectivity index (χ1) is 12.0. The quantitative estimate of drug-likeness (QED) is 0.777. The van der Waals surface area contributed by atoms with Crippen molar-refractivity contribution >= 4 is 11.7 Å². The summed E-state index contributed by atoms with van der Waals surface area (Å²) in [5.41, 5.74) is 1.41. The van der Waals surface area contributed by atoms with Crippen LogP contribution in [0.1, 0.15) is 52.9 Å². The van der Waals surface area contributed by atoms with Crippen LogP contribution in [0.5, 0.6) is 0 Å². The molecule has 1 fully saturated rings. The van der Waals surface area contributed by atoms with Gasteiger partial charge in [0.25, 0.3) is 5.91 Å². The number of rotatable bonds is 5. The number of hydrogen-bond donors (Lipinski definition) is 0. The Morgan fingerprint density at radius 2 is 2.20 bits per heavy atom. The number of carbonyl (C=O) groups excluding carboxylic acids is 2. The molecule has 1 atom stereocenters. The van der Waals surface area contributed by atoms with Crippen LogP contribution in [0.3, 0.4) is 0 Å². The molecule has 3 rings (SSSR count). The summed E-state index contributed by atoms with van der Waals surface area (Å²) in [6.45, 7) is 5.36. The molecule has 1 saturated heterocycles. The van der Waals surface area contributed by atoms with Gasteiger partial charge in [0.15, 0.2) is 17.2 Å². The van der Waals surface area contributed by atoms with Crippen molar-refractivity contribution < 1.29 is 18.7 Å². The van der Waals surface area contributed by atoms with Gasteiger partial charge in [0.2, 0.25) is 0 Å². The molecule has 0 saturated carbocycles. The molecule has 0 aromatic carbocycles. The van der Waals surface area contributed by atoms with Crippen molar-refractivity contribution in [1.29, 1.82) is 0 Å². The molecule has 0 radical (unpaired) electrons. The zero-order valence-corrected chi connectivity index (χ0v) is 14.8. The van der Waals surface area contributed by atoms with Crippen LogP contribution >= 0.6 is 0 Å². The standard InChI is InChI=1S/C18H23N3O4/c1-12(2)15-10-14(19-20(15)3)18(23)21-6-8-24-11-13(21)9-16(22)17-5-4-7-25-17/h4-5,7,10,12-13H,6,8-9,11H2,1-3H3/t13-/m0/s1. The van der Waals surface area contributed by atoms with Gasteiger partial charge in [-0.2, -0.15) is 5.10 Å². The maximum Gasteiger partial charge on any atom is 0.274 e. The fourth-order valence-electron chi connectivity index (χ4n) is 3.12. The number of morpholine rings is 1. The highest BCUT2D eigenvalue weighted by Crippen LogP contribution is 2.20. The van der Waals surface area contributed by atoms with Crippen LogP contribution in [-0.4, -0.2) is 52.2 Å². The summed E-state index contributed by atoms with van der Waals surface area (Å²) in [6, 6.07) is 4.82. The second kappa shape index (κ2) is 7.23. The monoisotopic (exact) mass is 345 g/mol. The Morgan fingerprint density at radius 1 is 1.40 bits per heavy atom. The summed E-state index contributed by atoms with van der Waals surface area (Å²) < 4.78 is 12.4. The number of nitrogens with zero attached hydrogens (tertiary/aromatic N) is 3. The smallest absolute Gasteiger partial charge is 0.274 e. The Hall–Kier alpha value is -2.41. The van der Waals surface area contributed by atoms with Gasteiger partial charge in [0.1, 0.15) is 0 Å². The molecule has 3 heterocycles. The molecule has 0 unspecified atom stereocenters. The predicted molar refractivity (Wildman–Crippen MR) is 90.6 cm³/mol. The molecule has 1 amide bonds. The number of aromatic nitrogens is 2. The van der Waals surface area contributed by atoms with Crippen LogP contribution in [0.25, 0.3) is 0 Å². The van der Waals surface area contributed by atoms with E-state index in [2.05, 4.69) is 18.9 Å². The molecule has 7 nitrogen and oxygen atoms in total. The number of furan rings is 1. The van der Waals surface area contributed by atoms with E-state index >= 15 is 0 Å². The molecule has 134 valence electrons. The van der Waals surface area contributed by atoms with E-state index in [-0.39, 0.29) is 30.1 Å². The van der Waals surface area contributed by atoms with Crippen LogP contribution in [0, 0.1) is 0 Å². The second-order valence-electron chi connectivity index (χ2n) is 6.56. The van der Waals surface area contributed by atoms with E-state index in [4.69, 9.17) is 9.15 Å². The number of ether oxygens (including phenoxy) is 1. The van der Waals surface area contributed by atoms with Crippen LogP contribution in [0.2, 0.25) is 0 Å². The van der Waals surface area contributed by atoms with Gasteiger partial charge in [-0.25, -0.2) is 0 Å². The van der Waals surface area contributed by atoms with E-state index in [1.54, 1.807) is 21.7 Å². The van der Waals surface area contributed by atoms with Crippen molar-refractivity contribution in [2.45, 2.75) is 32.2 Å². The summed E-state index contributed by atoms with van der Waals surface area (Å²) in [6.07, 6.45) is 1.64. The highest BCUT2D eigenvalue weighted by Gasteiger charge is 2.32. The van der Waals surface area contributed by atoms with Crippen molar-refractivity contribution in [3.05, 3.63) is 41.6 Å². The molecule has 0 aliphatic carbocycles. The predicted octanol–water partition coefficient (Wildman–Crippen LogP) is 2.25. The molecule has 2 aromatic rings. The van der Waals surface area contributed by atoms with Gasteiger partial charge in [0, 0.05) is 25.7 Å². The van der Waals surface area contributed by atoms with E-state index in [1.807, 2.05) is 13.1 Å². The first kappa shape index (κ1) is 17.4. The topological polar surface area (TPSA) is 77.6 Å². The molecule has 7 heteroatoms. The van der Waals surface area contributed by atoms with Gasteiger partial charge in [-0.3, -0.25) is 14.3 Å². The first-order valence-corrected chi connectivity index (χ1v) is 8.46. The summed E-state index contributed by atoms with van der Waals surface area (Å²) >= 11 is 0. The minimum atomic E-state index is -0.316. The largest absolute Gasteiger partial charge is 0.461 e. The number of ketones is 1. The molecule has 0 N–H and O–H groups in total. The lowest BCUT2D eigenvalue weighted by Crippen LogP contribution is -2.49. The molecule has 2 aromatic heterocycles. The summed E-state index contributed by atoms with van der Waals surface area (Å²) in [4.78, 5) is 26.9. The fraction of sp³-hybridized carbons (Fsp3) is 0.500. The summed E-state index contributed by atoms with van der Waals surface area (Å²) in [5.74, 6) is 0.281. The van der Waals surface area contributed by atoms with Crippen LogP contribution in [-0.2, 0) is 11.8 Å². The minimum Gasteiger partial charge on any atom is -0.461 e. The van der Waals surface area contributed by atoms with E-state index in [9.17, 15) is 9.59 Å². The van der Waals surface area contributed by atoms with Crippen molar-refractivity contribution in [1.82, 2.24) is 14.7 Å². The number of carbonyl (C=O) groups is 2. The Labute approximate surface area is 146 Å².